The van der Waals surface area contributed by atoms with Crippen molar-refractivity contribution in [2.24, 2.45) is 7.05 Å². The van der Waals surface area contributed by atoms with E-state index < -0.39 is 0 Å². The van der Waals surface area contributed by atoms with E-state index in [2.05, 4.69) is 39.9 Å². The standard InChI is InChI=1S/C13H21N5/c1-5-10-9-11(17(4)16-10)12(14-3)13-15-7-8-18(13)6-2/h7-9,12,14H,5-6H2,1-4H3. The van der Waals surface area contributed by atoms with Gasteiger partial charge in [-0.25, -0.2) is 4.98 Å². The molecule has 0 amide bonds. The van der Waals surface area contributed by atoms with Crippen LogP contribution in [0.2, 0.25) is 0 Å². The van der Waals surface area contributed by atoms with Crippen molar-refractivity contribution in [3.63, 3.8) is 0 Å². The van der Waals surface area contributed by atoms with Gasteiger partial charge in [0.05, 0.1) is 11.4 Å². The molecular weight excluding hydrogens is 226 g/mol. The van der Waals surface area contributed by atoms with Crippen LogP contribution < -0.4 is 5.32 Å². The summed E-state index contributed by atoms with van der Waals surface area (Å²) in [6.07, 6.45) is 4.81. The van der Waals surface area contributed by atoms with Gasteiger partial charge in [0.2, 0.25) is 0 Å². The van der Waals surface area contributed by atoms with Crippen molar-refractivity contribution in [1.29, 1.82) is 0 Å². The maximum atomic E-state index is 4.50. The average Bonchev–Trinajstić information content (AvgIpc) is 2.98. The number of hydrogen-bond donors (Lipinski definition) is 1. The third-order valence-electron chi connectivity index (χ3n) is 3.26. The summed E-state index contributed by atoms with van der Waals surface area (Å²) in [6.45, 7) is 5.16. The molecule has 0 saturated carbocycles. The lowest BCUT2D eigenvalue weighted by Gasteiger charge is -2.17. The second-order valence-electron chi connectivity index (χ2n) is 4.33. The van der Waals surface area contributed by atoms with E-state index in [9.17, 15) is 0 Å². The zero-order valence-corrected chi connectivity index (χ0v) is 11.5. The fourth-order valence-corrected chi connectivity index (χ4v) is 2.24. The highest BCUT2D eigenvalue weighted by Gasteiger charge is 2.20. The molecule has 0 aromatic carbocycles. The van der Waals surface area contributed by atoms with Crippen LogP contribution in [-0.4, -0.2) is 26.4 Å². The van der Waals surface area contributed by atoms with Crippen LogP contribution in [0.3, 0.4) is 0 Å². The Labute approximate surface area is 108 Å². The summed E-state index contributed by atoms with van der Waals surface area (Å²) in [7, 11) is 3.94. The number of nitrogens with one attached hydrogen (secondary N) is 1. The number of hydrogen-bond acceptors (Lipinski definition) is 3. The quantitative estimate of drug-likeness (QED) is 0.871. The SMILES string of the molecule is CCc1cc(C(NC)c2nccn2CC)n(C)n1. The number of aryl methyl sites for hydroxylation is 3. The topological polar surface area (TPSA) is 47.7 Å². The molecule has 0 fully saturated rings. The zero-order valence-electron chi connectivity index (χ0n) is 11.5. The van der Waals surface area contributed by atoms with E-state index in [0.717, 1.165) is 30.2 Å². The minimum absolute atomic E-state index is 0.0812. The van der Waals surface area contributed by atoms with E-state index in [4.69, 9.17) is 0 Å². The summed E-state index contributed by atoms with van der Waals surface area (Å²) < 4.78 is 4.09. The Kier molecular flexibility index (Phi) is 3.81. The Bertz CT molecular complexity index is 511. The molecule has 1 unspecified atom stereocenters. The minimum Gasteiger partial charge on any atom is -0.334 e. The number of imidazole rings is 1. The zero-order chi connectivity index (χ0) is 13.1. The molecule has 0 aliphatic heterocycles. The molecule has 5 nitrogen and oxygen atoms in total. The summed E-state index contributed by atoms with van der Waals surface area (Å²) in [5.74, 6) is 1.03. The number of nitrogens with zero attached hydrogens (tertiary/aromatic N) is 4. The lowest BCUT2D eigenvalue weighted by Crippen LogP contribution is -2.24. The molecule has 0 aliphatic rings. The van der Waals surface area contributed by atoms with Gasteiger partial charge in [-0.2, -0.15) is 5.10 Å². The van der Waals surface area contributed by atoms with Gasteiger partial charge in [0.1, 0.15) is 11.9 Å². The molecule has 0 radical (unpaired) electrons. The maximum absolute atomic E-state index is 4.50. The van der Waals surface area contributed by atoms with Crippen LogP contribution >= 0.6 is 0 Å². The number of rotatable bonds is 5. The Hall–Kier alpha value is -1.62. The molecule has 1 N–H and O–H groups in total. The van der Waals surface area contributed by atoms with Gasteiger partial charge in [0, 0.05) is 26.0 Å². The second-order valence-corrected chi connectivity index (χ2v) is 4.33. The van der Waals surface area contributed by atoms with Gasteiger partial charge in [-0.3, -0.25) is 4.68 Å². The van der Waals surface area contributed by atoms with E-state index >= 15 is 0 Å². The van der Waals surface area contributed by atoms with Gasteiger partial charge in [0.25, 0.3) is 0 Å². The Morgan fingerprint density at radius 2 is 2.17 bits per heavy atom. The maximum Gasteiger partial charge on any atom is 0.132 e. The van der Waals surface area contributed by atoms with E-state index in [0.29, 0.717) is 0 Å². The van der Waals surface area contributed by atoms with Gasteiger partial charge in [-0.05, 0) is 26.5 Å². The Morgan fingerprint density at radius 3 is 2.72 bits per heavy atom. The highest BCUT2D eigenvalue weighted by Crippen LogP contribution is 2.21. The van der Waals surface area contributed by atoms with Crippen LogP contribution in [0.15, 0.2) is 18.5 Å². The molecule has 98 valence electrons. The predicted octanol–water partition coefficient (Wildman–Crippen LogP) is 1.51. The fraction of sp³-hybridized carbons (Fsp3) is 0.538. The van der Waals surface area contributed by atoms with Gasteiger partial charge < -0.3 is 9.88 Å². The van der Waals surface area contributed by atoms with E-state index in [1.165, 1.54) is 0 Å². The van der Waals surface area contributed by atoms with Crippen molar-refractivity contribution in [2.45, 2.75) is 32.9 Å². The molecule has 2 heterocycles. The van der Waals surface area contributed by atoms with Crippen LogP contribution in [0.1, 0.15) is 37.1 Å². The summed E-state index contributed by atoms with van der Waals surface area (Å²) >= 11 is 0. The molecule has 5 heteroatoms. The number of aromatic nitrogens is 4. The minimum atomic E-state index is 0.0812. The van der Waals surface area contributed by atoms with Crippen LogP contribution in [0.25, 0.3) is 0 Å². The van der Waals surface area contributed by atoms with Crippen molar-refractivity contribution in [3.05, 3.63) is 35.7 Å². The molecule has 2 aromatic heterocycles. The smallest absolute Gasteiger partial charge is 0.132 e. The average molecular weight is 247 g/mol. The highest BCUT2D eigenvalue weighted by molar-refractivity contribution is 5.21. The van der Waals surface area contributed by atoms with Gasteiger partial charge in [0.15, 0.2) is 0 Å². The summed E-state index contributed by atoms with van der Waals surface area (Å²) in [4.78, 5) is 4.47. The van der Waals surface area contributed by atoms with Gasteiger partial charge in [-0.15, -0.1) is 0 Å². The van der Waals surface area contributed by atoms with Crippen molar-refractivity contribution < 1.29 is 0 Å². The van der Waals surface area contributed by atoms with Crippen molar-refractivity contribution in [1.82, 2.24) is 24.6 Å². The summed E-state index contributed by atoms with van der Waals surface area (Å²) in [5.41, 5.74) is 2.26. The Balaban J connectivity index is 2.41. The third-order valence-corrected chi connectivity index (χ3v) is 3.26. The van der Waals surface area contributed by atoms with Gasteiger partial charge >= 0.3 is 0 Å². The largest absolute Gasteiger partial charge is 0.334 e. The molecular formula is C13H21N5. The fourth-order valence-electron chi connectivity index (χ4n) is 2.24. The first-order valence-corrected chi connectivity index (χ1v) is 6.42. The molecule has 2 rings (SSSR count). The summed E-state index contributed by atoms with van der Waals surface area (Å²) in [6, 6.07) is 2.23. The molecule has 18 heavy (non-hydrogen) atoms. The second kappa shape index (κ2) is 5.35. The lowest BCUT2D eigenvalue weighted by atomic mass is 10.1. The first-order chi connectivity index (χ1) is 8.71. The lowest BCUT2D eigenvalue weighted by molar-refractivity contribution is 0.547. The third kappa shape index (κ3) is 2.18. The molecule has 0 bridgehead atoms. The van der Waals surface area contributed by atoms with E-state index in [-0.39, 0.29) is 6.04 Å². The van der Waals surface area contributed by atoms with E-state index in [1.807, 2.05) is 31.2 Å². The molecule has 0 spiro atoms. The Morgan fingerprint density at radius 1 is 1.39 bits per heavy atom. The van der Waals surface area contributed by atoms with Crippen LogP contribution in [-0.2, 0) is 20.0 Å². The van der Waals surface area contributed by atoms with Crippen LogP contribution in [0, 0.1) is 0 Å². The molecule has 1 atom stereocenters. The van der Waals surface area contributed by atoms with Gasteiger partial charge in [-0.1, -0.05) is 6.92 Å². The van der Waals surface area contributed by atoms with Crippen LogP contribution in [0.5, 0.6) is 0 Å². The molecule has 2 aromatic rings. The first kappa shape index (κ1) is 12.8. The first-order valence-electron chi connectivity index (χ1n) is 6.42. The summed E-state index contributed by atoms with van der Waals surface area (Å²) in [5, 5.41) is 7.83. The van der Waals surface area contributed by atoms with E-state index in [1.54, 1.807) is 0 Å². The van der Waals surface area contributed by atoms with Crippen LogP contribution in [0.4, 0.5) is 0 Å². The van der Waals surface area contributed by atoms with Crippen molar-refractivity contribution >= 4 is 0 Å². The van der Waals surface area contributed by atoms with Crippen molar-refractivity contribution in [3.8, 4) is 0 Å². The van der Waals surface area contributed by atoms with Crippen molar-refractivity contribution in [2.75, 3.05) is 7.05 Å². The molecule has 0 aliphatic carbocycles. The predicted molar refractivity (Wildman–Crippen MR) is 71.4 cm³/mol. The molecule has 0 saturated heterocycles. The normalized spacial score (nSPS) is 12.9. The monoisotopic (exact) mass is 247 g/mol. The highest BCUT2D eigenvalue weighted by atomic mass is 15.3.